The van der Waals surface area contributed by atoms with Crippen molar-refractivity contribution in [1.29, 1.82) is 0 Å². The number of rotatable bonds is 1. The van der Waals surface area contributed by atoms with Crippen molar-refractivity contribution >= 4 is 0 Å². The van der Waals surface area contributed by atoms with E-state index in [2.05, 4.69) is 36.5 Å². The Kier molecular flexibility index (Phi) is 1.77. The van der Waals surface area contributed by atoms with Crippen LogP contribution in [0, 0.1) is 5.92 Å². The molecule has 1 heterocycles. The summed E-state index contributed by atoms with van der Waals surface area (Å²) in [5.41, 5.74) is 8.07. The van der Waals surface area contributed by atoms with Gasteiger partial charge >= 0.3 is 0 Å². The zero-order valence-electron chi connectivity index (χ0n) is 7.25. The van der Waals surface area contributed by atoms with Crippen LogP contribution in [0.25, 0.3) is 0 Å². The Balaban J connectivity index is 2.21. The molecule has 0 saturated heterocycles. The predicted molar refractivity (Wildman–Crippen MR) is 50.4 cm³/mol. The maximum Gasteiger partial charge on any atom is 0.0542 e. The second kappa shape index (κ2) is 2.79. The third-order valence-electron chi connectivity index (χ3n) is 2.41. The summed E-state index contributed by atoms with van der Waals surface area (Å²) in [4.78, 5) is 0. The van der Waals surface area contributed by atoms with Gasteiger partial charge in [-0.3, -0.25) is 0 Å². The SMILES string of the molecule is CC1=CC2C=C(CN)C=CC2N1. The van der Waals surface area contributed by atoms with Crippen LogP contribution in [-0.2, 0) is 0 Å². The molecule has 1 aliphatic carbocycles. The van der Waals surface area contributed by atoms with Crippen LogP contribution in [0.15, 0.2) is 35.6 Å². The quantitative estimate of drug-likeness (QED) is 0.602. The van der Waals surface area contributed by atoms with Gasteiger partial charge in [-0.2, -0.15) is 0 Å². The van der Waals surface area contributed by atoms with Crippen LogP contribution >= 0.6 is 0 Å². The molecule has 0 amide bonds. The van der Waals surface area contributed by atoms with Crippen molar-refractivity contribution < 1.29 is 0 Å². The molecule has 3 N–H and O–H groups in total. The van der Waals surface area contributed by atoms with Gasteiger partial charge in [0.25, 0.3) is 0 Å². The highest BCUT2D eigenvalue weighted by atomic mass is 14.9. The van der Waals surface area contributed by atoms with E-state index in [4.69, 9.17) is 5.73 Å². The van der Waals surface area contributed by atoms with Crippen molar-refractivity contribution in [3.8, 4) is 0 Å². The third-order valence-corrected chi connectivity index (χ3v) is 2.41. The van der Waals surface area contributed by atoms with Gasteiger partial charge in [0.05, 0.1) is 6.04 Å². The van der Waals surface area contributed by atoms with E-state index in [-0.39, 0.29) is 0 Å². The minimum absolute atomic E-state index is 0.472. The summed E-state index contributed by atoms with van der Waals surface area (Å²) in [6.45, 7) is 2.74. The molecule has 0 bridgehead atoms. The van der Waals surface area contributed by atoms with E-state index in [9.17, 15) is 0 Å². The molecule has 2 aliphatic rings. The van der Waals surface area contributed by atoms with E-state index >= 15 is 0 Å². The topological polar surface area (TPSA) is 38.0 Å². The molecule has 0 saturated carbocycles. The normalized spacial score (nSPS) is 32.2. The minimum Gasteiger partial charge on any atom is -0.382 e. The second-order valence-corrected chi connectivity index (χ2v) is 3.40. The van der Waals surface area contributed by atoms with Gasteiger partial charge in [-0.05, 0) is 12.5 Å². The average molecular weight is 162 g/mol. The molecule has 0 aromatic heterocycles. The van der Waals surface area contributed by atoms with Gasteiger partial charge in [0.1, 0.15) is 0 Å². The maximum atomic E-state index is 5.56. The lowest BCUT2D eigenvalue weighted by Crippen LogP contribution is -2.27. The lowest BCUT2D eigenvalue weighted by atomic mass is 9.93. The van der Waals surface area contributed by atoms with Gasteiger partial charge in [0.15, 0.2) is 0 Å². The minimum atomic E-state index is 0.472. The molecule has 2 unspecified atom stereocenters. The molecule has 0 aromatic rings. The van der Waals surface area contributed by atoms with Crippen LogP contribution in [-0.4, -0.2) is 12.6 Å². The number of fused-ring (bicyclic) bond motifs is 1. The molecule has 12 heavy (non-hydrogen) atoms. The molecule has 0 aromatic carbocycles. The molecule has 2 rings (SSSR count). The maximum absolute atomic E-state index is 5.56. The number of allylic oxidation sites excluding steroid dienone is 1. The first-order valence-corrected chi connectivity index (χ1v) is 4.33. The first-order chi connectivity index (χ1) is 5.79. The highest BCUT2D eigenvalue weighted by Gasteiger charge is 2.23. The van der Waals surface area contributed by atoms with Gasteiger partial charge < -0.3 is 11.1 Å². The highest BCUT2D eigenvalue weighted by Crippen LogP contribution is 2.24. The molecular formula is C10H14N2. The lowest BCUT2D eigenvalue weighted by molar-refractivity contribution is 0.633. The van der Waals surface area contributed by atoms with Crippen LogP contribution in [0.4, 0.5) is 0 Å². The van der Waals surface area contributed by atoms with E-state index in [0.29, 0.717) is 18.5 Å². The molecule has 0 fully saturated rings. The number of hydrogen-bond acceptors (Lipinski definition) is 2. The van der Waals surface area contributed by atoms with Crippen LogP contribution in [0.1, 0.15) is 6.92 Å². The first-order valence-electron chi connectivity index (χ1n) is 4.33. The van der Waals surface area contributed by atoms with Crippen molar-refractivity contribution in [2.24, 2.45) is 11.7 Å². The first kappa shape index (κ1) is 7.62. The fourth-order valence-corrected chi connectivity index (χ4v) is 1.79. The van der Waals surface area contributed by atoms with Crippen LogP contribution in [0.2, 0.25) is 0 Å². The summed E-state index contributed by atoms with van der Waals surface area (Å²) in [5, 5.41) is 3.39. The van der Waals surface area contributed by atoms with Gasteiger partial charge in [-0.15, -0.1) is 0 Å². The number of nitrogens with one attached hydrogen (secondary N) is 1. The average Bonchev–Trinajstić information content (AvgIpc) is 2.43. The van der Waals surface area contributed by atoms with E-state index in [1.54, 1.807) is 0 Å². The van der Waals surface area contributed by atoms with Gasteiger partial charge in [0, 0.05) is 18.2 Å². The molecule has 0 radical (unpaired) electrons. The van der Waals surface area contributed by atoms with Crippen LogP contribution in [0.5, 0.6) is 0 Å². The van der Waals surface area contributed by atoms with Crippen LogP contribution in [0.3, 0.4) is 0 Å². The van der Waals surface area contributed by atoms with Gasteiger partial charge in [0.2, 0.25) is 0 Å². The molecule has 1 aliphatic heterocycles. The van der Waals surface area contributed by atoms with Crippen molar-refractivity contribution in [2.75, 3.05) is 6.54 Å². The Morgan fingerprint density at radius 3 is 3.08 bits per heavy atom. The molecule has 64 valence electrons. The fourth-order valence-electron chi connectivity index (χ4n) is 1.79. The number of hydrogen-bond donors (Lipinski definition) is 2. The molecular weight excluding hydrogens is 148 g/mol. The Hall–Kier alpha value is -1.02. The second-order valence-electron chi connectivity index (χ2n) is 3.40. The van der Waals surface area contributed by atoms with Crippen molar-refractivity contribution in [3.05, 3.63) is 35.6 Å². The summed E-state index contributed by atoms with van der Waals surface area (Å²) in [5.74, 6) is 0.522. The molecule has 2 heteroatoms. The van der Waals surface area contributed by atoms with E-state index in [1.807, 2.05) is 0 Å². The standard InChI is InChI=1S/C10H14N2/c1-7-4-9-5-8(6-11)2-3-10(9)12-7/h2-5,9-10,12H,6,11H2,1H3. The summed E-state index contributed by atoms with van der Waals surface area (Å²) in [6.07, 6.45) is 8.80. The van der Waals surface area contributed by atoms with Crippen molar-refractivity contribution in [3.63, 3.8) is 0 Å². The monoisotopic (exact) mass is 162 g/mol. The highest BCUT2D eigenvalue weighted by molar-refractivity contribution is 5.34. The van der Waals surface area contributed by atoms with Crippen molar-refractivity contribution in [1.82, 2.24) is 5.32 Å². The summed E-state index contributed by atoms with van der Waals surface area (Å²) >= 11 is 0. The third kappa shape index (κ3) is 1.18. The van der Waals surface area contributed by atoms with E-state index in [0.717, 1.165) is 0 Å². The van der Waals surface area contributed by atoms with Gasteiger partial charge in [-0.25, -0.2) is 0 Å². The molecule has 2 nitrogen and oxygen atoms in total. The number of nitrogens with two attached hydrogens (primary N) is 1. The Morgan fingerprint density at radius 2 is 2.33 bits per heavy atom. The van der Waals surface area contributed by atoms with Crippen molar-refractivity contribution in [2.45, 2.75) is 13.0 Å². The van der Waals surface area contributed by atoms with E-state index < -0.39 is 0 Å². The Labute approximate surface area is 72.8 Å². The predicted octanol–water partition coefficient (Wildman–Crippen LogP) is 0.933. The zero-order valence-corrected chi connectivity index (χ0v) is 7.25. The molecule has 2 atom stereocenters. The smallest absolute Gasteiger partial charge is 0.0542 e. The van der Waals surface area contributed by atoms with E-state index in [1.165, 1.54) is 11.3 Å². The summed E-state index contributed by atoms with van der Waals surface area (Å²) in [7, 11) is 0. The Morgan fingerprint density at radius 1 is 1.50 bits per heavy atom. The van der Waals surface area contributed by atoms with Gasteiger partial charge in [-0.1, -0.05) is 24.3 Å². The molecule has 0 spiro atoms. The largest absolute Gasteiger partial charge is 0.382 e. The summed E-state index contributed by atoms with van der Waals surface area (Å²) < 4.78 is 0. The summed E-state index contributed by atoms with van der Waals surface area (Å²) in [6, 6.07) is 0.472. The fraction of sp³-hybridized carbons (Fsp3) is 0.400. The van der Waals surface area contributed by atoms with Crippen LogP contribution < -0.4 is 11.1 Å². The Bertz CT molecular complexity index is 274. The lowest BCUT2D eigenvalue weighted by Gasteiger charge is -2.18. The zero-order chi connectivity index (χ0) is 8.55.